The molecule has 2 nitrogen and oxygen atoms in total. The summed E-state index contributed by atoms with van der Waals surface area (Å²) in [6, 6.07) is 8.09. The van der Waals surface area contributed by atoms with Gasteiger partial charge in [0.2, 0.25) is 5.91 Å². The molecule has 0 saturated carbocycles. The summed E-state index contributed by atoms with van der Waals surface area (Å²) in [6.07, 6.45) is 0.534. The highest BCUT2D eigenvalue weighted by molar-refractivity contribution is 5.91. The van der Waals surface area contributed by atoms with Crippen LogP contribution in [0.5, 0.6) is 0 Å². The monoisotopic (exact) mass is 247 g/mol. The second-order valence-electron chi connectivity index (χ2n) is 7.12. The van der Waals surface area contributed by atoms with Gasteiger partial charge in [-0.2, -0.15) is 0 Å². The number of carbonyl (C=O) groups excluding carboxylic acids is 1. The van der Waals surface area contributed by atoms with E-state index in [-0.39, 0.29) is 16.7 Å². The lowest BCUT2D eigenvalue weighted by Gasteiger charge is -2.21. The van der Waals surface area contributed by atoms with Crippen LogP contribution in [-0.4, -0.2) is 5.91 Å². The van der Waals surface area contributed by atoms with E-state index in [1.807, 2.05) is 12.1 Å². The van der Waals surface area contributed by atoms with Crippen molar-refractivity contribution in [3.05, 3.63) is 29.8 Å². The van der Waals surface area contributed by atoms with Crippen LogP contribution in [0.1, 0.15) is 53.5 Å². The van der Waals surface area contributed by atoms with Crippen LogP contribution < -0.4 is 5.32 Å². The van der Waals surface area contributed by atoms with E-state index < -0.39 is 0 Å². The van der Waals surface area contributed by atoms with Crippen molar-refractivity contribution in [3.8, 4) is 0 Å². The van der Waals surface area contributed by atoms with Crippen molar-refractivity contribution in [2.75, 3.05) is 5.32 Å². The zero-order chi connectivity index (χ0) is 14.0. The first-order chi connectivity index (χ1) is 8.08. The summed E-state index contributed by atoms with van der Waals surface area (Å²) >= 11 is 0. The van der Waals surface area contributed by atoms with Gasteiger partial charge in [-0.25, -0.2) is 0 Å². The summed E-state index contributed by atoms with van der Waals surface area (Å²) in [5, 5.41) is 2.97. The van der Waals surface area contributed by atoms with Gasteiger partial charge in [0.15, 0.2) is 0 Å². The number of hydrogen-bond donors (Lipinski definition) is 1. The predicted octanol–water partition coefficient (Wildman–Crippen LogP) is 4.36. The Bertz CT molecular complexity index is 421. The van der Waals surface area contributed by atoms with Gasteiger partial charge in [-0.15, -0.1) is 0 Å². The number of nitrogens with one attached hydrogen (secondary N) is 1. The predicted molar refractivity (Wildman–Crippen MR) is 77.8 cm³/mol. The molecule has 0 fully saturated rings. The van der Waals surface area contributed by atoms with Crippen molar-refractivity contribution in [2.45, 2.75) is 53.4 Å². The maximum absolute atomic E-state index is 11.9. The molecule has 0 aliphatic heterocycles. The summed E-state index contributed by atoms with van der Waals surface area (Å²) in [5.41, 5.74) is 2.24. The van der Waals surface area contributed by atoms with Crippen molar-refractivity contribution >= 4 is 11.6 Å². The van der Waals surface area contributed by atoms with Gasteiger partial charge in [-0.1, -0.05) is 53.7 Å². The molecule has 1 aromatic rings. The molecule has 100 valence electrons. The Hall–Kier alpha value is -1.31. The van der Waals surface area contributed by atoms with Gasteiger partial charge in [-0.05, 0) is 28.5 Å². The van der Waals surface area contributed by atoms with Crippen LogP contribution in [0, 0.1) is 5.41 Å². The molecule has 0 radical (unpaired) electrons. The molecule has 1 N–H and O–H groups in total. The van der Waals surface area contributed by atoms with Crippen molar-refractivity contribution in [3.63, 3.8) is 0 Å². The van der Waals surface area contributed by atoms with Gasteiger partial charge in [-0.3, -0.25) is 4.79 Å². The number of rotatable bonds is 2. The molecule has 1 rings (SSSR count). The molecule has 0 unspecified atom stereocenters. The quantitative estimate of drug-likeness (QED) is 0.826. The number of amides is 1. The zero-order valence-electron chi connectivity index (χ0n) is 12.4. The fourth-order valence-corrected chi connectivity index (χ4v) is 1.75. The molecule has 0 bridgehead atoms. The molecule has 0 aliphatic rings. The largest absolute Gasteiger partial charge is 0.326 e. The van der Waals surface area contributed by atoms with Crippen LogP contribution >= 0.6 is 0 Å². The molecule has 0 aliphatic carbocycles. The Labute approximate surface area is 111 Å². The lowest BCUT2D eigenvalue weighted by molar-refractivity contribution is -0.117. The summed E-state index contributed by atoms with van der Waals surface area (Å²) in [6.45, 7) is 12.7. The van der Waals surface area contributed by atoms with Crippen LogP contribution in [0.25, 0.3) is 0 Å². The molecule has 0 spiro atoms. The van der Waals surface area contributed by atoms with Crippen LogP contribution in [0.3, 0.4) is 0 Å². The number of carbonyl (C=O) groups is 1. The fourth-order valence-electron chi connectivity index (χ4n) is 1.75. The standard InChI is InChI=1S/C16H25NO/c1-15(2,3)11-14(18)17-13-9-7-8-12(10-13)16(4,5)6/h7-10H,11H2,1-6H3,(H,17,18). The van der Waals surface area contributed by atoms with E-state index in [2.05, 4.69) is 59.0 Å². The third kappa shape index (κ3) is 4.91. The molecule has 0 atom stereocenters. The molecule has 1 amide bonds. The first-order valence-electron chi connectivity index (χ1n) is 6.48. The van der Waals surface area contributed by atoms with Crippen LogP contribution in [0.2, 0.25) is 0 Å². The topological polar surface area (TPSA) is 29.1 Å². The average molecular weight is 247 g/mol. The zero-order valence-corrected chi connectivity index (χ0v) is 12.4. The molecule has 0 saturated heterocycles. The Morgan fingerprint density at radius 2 is 1.72 bits per heavy atom. The van der Waals surface area contributed by atoms with E-state index in [1.54, 1.807) is 0 Å². The van der Waals surface area contributed by atoms with E-state index in [4.69, 9.17) is 0 Å². The van der Waals surface area contributed by atoms with E-state index in [0.717, 1.165) is 5.69 Å². The van der Waals surface area contributed by atoms with Crippen molar-refractivity contribution in [1.29, 1.82) is 0 Å². The van der Waals surface area contributed by atoms with Crippen LogP contribution in [-0.2, 0) is 10.2 Å². The summed E-state index contributed by atoms with van der Waals surface area (Å²) in [5.74, 6) is 0.0774. The van der Waals surface area contributed by atoms with E-state index in [0.29, 0.717) is 6.42 Å². The van der Waals surface area contributed by atoms with E-state index in [9.17, 15) is 4.79 Å². The molecule has 1 aromatic carbocycles. The number of benzene rings is 1. The SMILES string of the molecule is CC(C)(C)CC(=O)Nc1cccc(C(C)(C)C)c1. The third-order valence-electron chi connectivity index (χ3n) is 2.70. The molecule has 18 heavy (non-hydrogen) atoms. The first-order valence-corrected chi connectivity index (χ1v) is 6.48. The minimum Gasteiger partial charge on any atom is -0.326 e. The Kier molecular flexibility index (Phi) is 4.20. The van der Waals surface area contributed by atoms with Crippen LogP contribution in [0.15, 0.2) is 24.3 Å². The first kappa shape index (κ1) is 14.7. The molecule has 2 heteroatoms. The Morgan fingerprint density at radius 3 is 2.22 bits per heavy atom. The third-order valence-corrected chi connectivity index (χ3v) is 2.70. The van der Waals surface area contributed by atoms with Gasteiger partial charge < -0.3 is 5.32 Å². The van der Waals surface area contributed by atoms with Crippen molar-refractivity contribution < 1.29 is 4.79 Å². The number of hydrogen-bond acceptors (Lipinski definition) is 1. The van der Waals surface area contributed by atoms with Gasteiger partial charge >= 0.3 is 0 Å². The average Bonchev–Trinajstić information content (AvgIpc) is 2.13. The highest BCUT2D eigenvalue weighted by atomic mass is 16.1. The normalized spacial score (nSPS) is 12.3. The van der Waals surface area contributed by atoms with Crippen LogP contribution in [0.4, 0.5) is 5.69 Å². The Morgan fingerprint density at radius 1 is 1.11 bits per heavy atom. The molecular weight excluding hydrogens is 222 g/mol. The summed E-state index contributed by atoms with van der Waals surface area (Å²) in [7, 11) is 0. The fraction of sp³-hybridized carbons (Fsp3) is 0.562. The second kappa shape index (κ2) is 5.13. The van der Waals surface area contributed by atoms with Gasteiger partial charge in [0.05, 0.1) is 0 Å². The van der Waals surface area contributed by atoms with Crippen molar-refractivity contribution in [1.82, 2.24) is 0 Å². The summed E-state index contributed by atoms with van der Waals surface area (Å²) < 4.78 is 0. The van der Waals surface area contributed by atoms with Gasteiger partial charge in [0.1, 0.15) is 0 Å². The minimum absolute atomic E-state index is 0.0196. The van der Waals surface area contributed by atoms with Gasteiger partial charge in [0.25, 0.3) is 0 Å². The molecule has 0 heterocycles. The second-order valence-corrected chi connectivity index (χ2v) is 7.12. The maximum atomic E-state index is 11.9. The minimum atomic E-state index is 0.0196. The van der Waals surface area contributed by atoms with E-state index >= 15 is 0 Å². The lowest BCUT2D eigenvalue weighted by Crippen LogP contribution is -2.20. The maximum Gasteiger partial charge on any atom is 0.224 e. The Balaban J connectivity index is 2.77. The lowest BCUT2D eigenvalue weighted by atomic mass is 9.87. The molecular formula is C16H25NO. The van der Waals surface area contributed by atoms with Gasteiger partial charge in [0, 0.05) is 12.1 Å². The van der Waals surface area contributed by atoms with Crippen molar-refractivity contribution in [2.24, 2.45) is 5.41 Å². The highest BCUT2D eigenvalue weighted by Gasteiger charge is 2.17. The highest BCUT2D eigenvalue weighted by Crippen LogP contribution is 2.25. The molecule has 0 aromatic heterocycles. The van der Waals surface area contributed by atoms with E-state index in [1.165, 1.54) is 5.56 Å². The number of anilines is 1. The smallest absolute Gasteiger partial charge is 0.224 e. The summed E-state index contributed by atoms with van der Waals surface area (Å²) in [4.78, 5) is 11.9.